The van der Waals surface area contributed by atoms with Crippen LogP contribution in [-0.4, -0.2) is 29.3 Å². The van der Waals surface area contributed by atoms with Crippen LogP contribution in [-0.2, 0) is 19.7 Å². The predicted molar refractivity (Wildman–Crippen MR) is 84.7 cm³/mol. The fourth-order valence-corrected chi connectivity index (χ4v) is 3.80. The number of aliphatic carboxylic acids is 1. The number of rotatable bonds is 3. The van der Waals surface area contributed by atoms with E-state index < -0.39 is 23.0 Å². The van der Waals surface area contributed by atoms with E-state index in [9.17, 15) is 14.7 Å². The van der Waals surface area contributed by atoms with E-state index in [0.717, 1.165) is 5.56 Å². The molecule has 0 amide bonds. The summed E-state index contributed by atoms with van der Waals surface area (Å²) in [5, 5.41) is 13.3. The van der Waals surface area contributed by atoms with Crippen molar-refractivity contribution in [2.24, 2.45) is 11.3 Å². The Bertz CT molecular complexity index is 627. The summed E-state index contributed by atoms with van der Waals surface area (Å²) in [6, 6.07) is 9.26. The SMILES string of the molecule is CC1(C)C(=O)O[C@@H]2C[C@@H](C(C)(C(=O)O)c3ccccc3)C[C@H]1N2. The molecular formula is C18H23NO4. The van der Waals surface area contributed by atoms with Crippen LogP contribution < -0.4 is 5.32 Å². The third-order valence-corrected chi connectivity index (χ3v) is 5.69. The standard InChI is InChI=1S/C18H23NO4/c1-17(2)13-9-12(10-14(19-13)23-16(17)22)18(3,15(20)21)11-7-5-4-6-8-11/h4-8,12-14,19H,9-10H2,1-3H3,(H,20,21)/t12-,13+,14+,18?/m0/s1. The molecule has 2 aliphatic rings. The summed E-state index contributed by atoms with van der Waals surface area (Å²) in [7, 11) is 0. The van der Waals surface area contributed by atoms with Crippen LogP contribution in [0.1, 0.15) is 39.2 Å². The van der Waals surface area contributed by atoms with Gasteiger partial charge in [-0.25, -0.2) is 0 Å². The van der Waals surface area contributed by atoms with Crippen molar-refractivity contribution in [2.45, 2.75) is 51.3 Å². The van der Waals surface area contributed by atoms with Gasteiger partial charge in [0.25, 0.3) is 0 Å². The molecule has 4 atom stereocenters. The topological polar surface area (TPSA) is 75.6 Å². The minimum absolute atomic E-state index is 0.0742. The van der Waals surface area contributed by atoms with Crippen LogP contribution >= 0.6 is 0 Å². The molecule has 2 saturated heterocycles. The van der Waals surface area contributed by atoms with Gasteiger partial charge in [0.15, 0.2) is 6.23 Å². The number of carbonyl (C=O) groups is 2. The Morgan fingerprint density at radius 1 is 1.30 bits per heavy atom. The van der Waals surface area contributed by atoms with Gasteiger partial charge in [0.2, 0.25) is 0 Å². The van der Waals surface area contributed by atoms with Gasteiger partial charge < -0.3 is 9.84 Å². The van der Waals surface area contributed by atoms with Crippen molar-refractivity contribution in [1.29, 1.82) is 0 Å². The van der Waals surface area contributed by atoms with Gasteiger partial charge in [-0.1, -0.05) is 30.3 Å². The highest BCUT2D eigenvalue weighted by Gasteiger charge is 2.54. The lowest BCUT2D eigenvalue weighted by molar-refractivity contribution is -0.183. The highest BCUT2D eigenvalue weighted by Crippen LogP contribution is 2.45. The Hall–Kier alpha value is -1.88. The van der Waals surface area contributed by atoms with Crippen molar-refractivity contribution < 1.29 is 19.4 Å². The number of nitrogens with one attached hydrogen (secondary N) is 1. The first-order valence-electron chi connectivity index (χ1n) is 8.02. The van der Waals surface area contributed by atoms with Gasteiger partial charge in [-0.2, -0.15) is 0 Å². The van der Waals surface area contributed by atoms with Crippen molar-refractivity contribution >= 4 is 11.9 Å². The first-order valence-corrected chi connectivity index (χ1v) is 8.02. The van der Waals surface area contributed by atoms with E-state index in [4.69, 9.17) is 4.74 Å². The number of hydrogen-bond donors (Lipinski definition) is 2. The molecule has 2 N–H and O–H groups in total. The minimum Gasteiger partial charge on any atom is -0.481 e. The number of esters is 1. The van der Waals surface area contributed by atoms with Crippen LogP contribution in [0.4, 0.5) is 0 Å². The summed E-state index contributed by atoms with van der Waals surface area (Å²) in [4.78, 5) is 24.2. The quantitative estimate of drug-likeness (QED) is 0.837. The number of piperidine rings is 1. The third-order valence-electron chi connectivity index (χ3n) is 5.69. The molecule has 0 saturated carbocycles. The Balaban J connectivity index is 1.97. The number of carboxylic acid groups (broad SMARTS) is 1. The van der Waals surface area contributed by atoms with Gasteiger partial charge in [-0.05, 0) is 38.7 Å². The van der Waals surface area contributed by atoms with Gasteiger partial charge in [0, 0.05) is 12.5 Å². The predicted octanol–water partition coefficient (Wildman–Crippen LogP) is 2.31. The number of carbonyl (C=O) groups excluding carboxylic acids is 1. The van der Waals surface area contributed by atoms with Gasteiger partial charge in [0.1, 0.15) is 0 Å². The Morgan fingerprint density at radius 2 is 1.96 bits per heavy atom. The summed E-state index contributed by atoms with van der Waals surface area (Å²) in [5.41, 5.74) is -0.855. The fourth-order valence-electron chi connectivity index (χ4n) is 3.80. The molecule has 5 nitrogen and oxygen atoms in total. The zero-order valence-electron chi connectivity index (χ0n) is 13.7. The normalized spacial score (nSPS) is 31.8. The molecule has 1 unspecified atom stereocenters. The number of carboxylic acids is 1. The molecular weight excluding hydrogens is 294 g/mol. The van der Waals surface area contributed by atoms with Crippen molar-refractivity contribution in [3.05, 3.63) is 35.9 Å². The van der Waals surface area contributed by atoms with Crippen molar-refractivity contribution in [3.8, 4) is 0 Å². The molecule has 23 heavy (non-hydrogen) atoms. The van der Waals surface area contributed by atoms with Crippen LogP contribution in [0.2, 0.25) is 0 Å². The van der Waals surface area contributed by atoms with Crippen LogP contribution in [0.15, 0.2) is 30.3 Å². The van der Waals surface area contributed by atoms with Gasteiger partial charge in [0.05, 0.1) is 10.8 Å². The van der Waals surface area contributed by atoms with Crippen LogP contribution in [0, 0.1) is 11.3 Å². The molecule has 2 fully saturated rings. The van der Waals surface area contributed by atoms with Crippen molar-refractivity contribution in [2.75, 3.05) is 0 Å². The van der Waals surface area contributed by atoms with Gasteiger partial charge in [-0.3, -0.25) is 14.9 Å². The van der Waals surface area contributed by atoms with E-state index in [1.807, 2.05) is 44.2 Å². The summed E-state index contributed by atoms with van der Waals surface area (Å²) in [6.07, 6.45) is 0.744. The summed E-state index contributed by atoms with van der Waals surface area (Å²) >= 11 is 0. The zero-order chi connectivity index (χ0) is 16.8. The first kappa shape index (κ1) is 16.0. The summed E-state index contributed by atoms with van der Waals surface area (Å²) < 4.78 is 5.47. The molecule has 2 aliphatic heterocycles. The Labute approximate surface area is 136 Å². The molecule has 0 radical (unpaired) electrons. The van der Waals surface area contributed by atoms with Crippen molar-refractivity contribution in [3.63, 3.8) is 0 Å². The highest BCUT2D eigenvalue weighted by atomic mass is 16.6. The fraction of sp³-hybridized carbons (Fsp3) is 0.556. The largest absolute Gasteiger partial charge is 0.481 e. The van der Waals surface area contributed by atoms with E-state index in [1.54, 1.807) is 6.92 Å². The molecule has 5 heteroatoms. The Morgan fingerprint density at radius 3 is 2.57 bits per heavy atom. The van der Waals surface area contributed by atoms with Gasteiger partial charge >= 0.3 is 11.9 Å². The molecule has 1 aromatic carbocycles. The summed E-state index contributed by atoms with van der Waals surface area (Å²) in [5.74, 6) is -1.15. The smallest absolute Gasteiger partial charge is 0.314 e. The molecule has 2 heterocycles. The maximum atomic E-state index is 12.1. The summed E-state index contributed by atoms with van der Waals surface area (Å²) in [6.45, 7) is 5.49. The maximum absolute atomic E-state index is 12.1. The van der Waals surface area contributed by atoms with Crippen LogP contribution in [0.25, 0.3) is 0 Å². The van der Waals surface area contributed by atoms with Crippen LogP contribution in [0.5, 0.6) is 0 Å². The van der Waals surface area contributed by atoms with E-state index in [-0.39, 0.29) is 17.9 Å². The van der Waals surface area contributed by atoms with Gasteiger partial charge in [-0.15, -0.1) is 0 Å². The molecule has 3 rings (SSSR count). The molecule has 0 spiro atoms. The Kier molecular flexibility index (Phi) is 3.71. The number of ether oxygens (including phenoxy) is 1. The second-order valence-corrected chi connectivity index (χ2v) is 7.38. The third kappa shape index (κ3) is 2.43. The average Bonchev–Trinajstić information content (AvgIpc) is 2.53. The van der Waals surface area contributed by atoms with Crippen molar-refractivity contribution in [1.82, 2.24) is 5.32 Å². The number of fused-ring (bicyclic) bond motifs is 2. The molecule has 2 bridgehead atoms. The van der Waals surface area contributed by atoms with E-state index in [2.05, 4.69) is 5.32 Å². The molecule has 124 valence electrons. The lowest BCUT2D eigenvalue weighted by Crippen LogP contribution is -2.64. The average molecular weight is 317 g/mol. The van der Waals surface area contributed by atoms with Crippen LogP contribution in [0.3, 0.4) is 0 Å². The highest BCUT2D eigenvalue weighted by molar-refractivity contribution is 5.82. The zero-order valence-corrected chi connectivity index (χ0v) is 13.7. The first-order chi connectivity index (χ1) is 10.8. The number of benzene rings is 1. The van der Waals surface area contributed by atoms with E-state index in [0.29, 0.717) is 12.8 Å². The maximum Gasteiger partial charge on any atom is 0.314 e. The van der Waals surface area contributed by atoms with E-state index >= 15 is 0 Å². The molecule has 0 aromatic heterocycles. The number of hydrogen-bond acceptors (Lipinski definition) is 4. The minimum atomic E-state index is -1.00. The molecule has 1 aromatic rings. The van der Waals surface area contributed by atoms with E-state index in [1.165, 1.54) is 0 Å². The second kappa shape index (κ2) is 5.34. The lowest BCUT2D eigenvalue weighted by Gasteiger charge is -2.50. The lowest BCUT2D eigenvalue weighted by atomic mass is 9.63. The monoisotopic (exact) mass is 317 g/mol. The molecule has 0 aliphatic carbocycles. The second-order valence-electron chi connectivity index (χ2n) is 7.38.